The monoisotopic (exact) mass is 701 g/mol. The molecule has 10 heteroatoms. The minimum absolute atomic E-state index is 0.0117. The molecule has 8 nitrogen and oxygen atoms in total. The zero-order valence-corrected chi connectivity index (χ0v) is 29.8. The van der Waals surface area contributed by atoms with Gasteiger partial charge >= 0.3 is 0 Å². The molecule has 0 heterocycles. The fraction of sp³-hybridized carbons (Fsp3) is 0.333. The Bertz CT molecular complexity index is 1840. The molecule has 4 aromatic carbocycles. The van der Waals surface area contributed by atoms with E-state index >= 15 is 0 Å². The number of rotatable bonds is 13. The maximum absolute atomic E-state index is 14.8. The summed E-state index contributed by atoms with van der Waals surface area (Å²) in [4.78, 5) is 30.6. The quantitative estimate of drug-likeness (QED) is 0.159. The number of hydrogen-bond acceptors (Lipinski definition) is 5. The van der Waals surface area contributed by atoms with E-state index in [1.807, 2.05) is 56.3 Å². The Labute approximate surface area is 295 Å². The Morgan fingerprint density at radius 1 is 0.857 bits per heavy atom. The van der Waals surface area contributed by atoms with Gasteiger partial charge in [-0.25, -0.2) is 8.42 Å². The average Bonchev–Trinajstić information content (AvgIpc) is 3.09. The summed E-state index contributed by atoms with van der Waals surface area (Å²) < 4.78 is 35.6. The second kappa shape index (κ2) is 16.4. The van der Waals surface area contributed by atoms with Crippen molar-refractivity contribution < 1.29 is 22.7 Å². The van der Waals surface area contributed by atoms with Crippen LogP contribution in [0, 0.1) is 13.8 Å². The molecule has 1 atom stereocenters. The second-order valence-electron chi connectivity index (χ2n) is 12.7. The number of methoxy groups -OCH3 is 1. The molecule has 1 N–H and O–H groups in total. The lowest BCUT2D eigenvalue weighted by atomic mass is 9.94. The fourth-order valence-corrected chi connectivity index (χ4v) is 7.91. The Balaban J connectivity index is 1.60. The minimum Gasteiger partial charge on any atom is -0.495 e. The van der Waals surface area contributed by atoms with E-state index in [0.29, 0.717) is 16.3 Å². The van der Waals surface area contributed by atoms with Crippen molar-refractivity contribution in [1.82, 2.24) is 10.2 Å². The molecule has 0 saturated heterocycles. The molecule has 1 saturated carbocycles. The Hall–Kier alpha value is -4.34. The third-order valence-corrected chi connectivity index (χ3v) is 11.0. The summed E-state index contributed by atoms with van der Waals surface area (Å²) in [5.74, 6) is -0.516. The molecule has 4 aromatic rings. The van der Waals surface area contributed by atoms with Gasteiger partial charge in [-0.05, 0) is 79.8 Å². The van der Waals surface area contributed by atoms with E-state index in [1.165, 1.54) is 24.1 Å². The van der Waals surface area contributed by atoms with E-state index in [0.717, 1.165) is 53.1 Å². The van der Waals surface area contributed by atoms with Crippen molar-refractivity contribution in [3.63, 3.8) is 0 Å². The van der Waals surface area contributed by atoms with Crippen LogP contribution in [0.4, 0.5) is 5.69 Å². The number of hydrogen-bond donors (Lipinski definition) is 1. The summed E-state index contributed by atoms with van der Waals surface area (Å²) in [5, 5.41) is 3.72. The number of sulfonamides is 1. The topological polar surface area (TPSA) is 96.0 Å². The van der Waals surface area contributed by atoms with Gasteiger partial charge in [0, 0.05) is 24.0 Å². The van der Waals surface area contributed by atoms with Crippen LogP contribution >= 0.6 is 11.6 Å². The highest BCUT2D eigenvalue weighted by Crippen LogP contribution is 2.34. The highest BCUT2D eigenvalue weighted by atomic mass is 35.5. The van der Waals surface area contributed by atoms with Gasteiger partial charge in [0.2, 0.25) is 11.8 Å². The van der Waals surface area contributed by atoms with Crippen LogP contribution in [0.15, 0.2) is 102 Å². The van der Waals surface area contributed by atoms with Crippen LogP contribution in [0.1, 0.15) is 54.4 Å². The van der Waals surface area contributed by atoms with Gasteiger partial charge in [0.05, 0.1) is 17.7 Å². The first-order valence-electron chi connectivity index (χ1n) is 16.7. The first-order chi connectivity index (χ1) is 23.5. The SMILES string of the molecule is COc1ccc(C)cc1N(CC(=O)N(Cc1cccc(Cl)c1)[C@@H](Cc1ccccc1)C(=O)NC1CCCCC1)S(=O)(=O)c1ccc(C)cc1. The molecule has 0 bridgehead atoms. The van der Waals surface area contributed by atoms with E-state index in [2.05, 4.69) is 5.32 Å². The van der Waals surface area contributed by atoms with Gasteiger partial charge in [0.1, 0.15) is 18.3 Å². The van der Waals surface area contributed by atoms with Gasteiger partial charge in [0.25, 0.3) is 10.0 Å². The van der Waals surface area contributed by atoms with Crippen LogP contribution in [0.3, 0.4) is 0 Å². The maximum atomic E-state index is 14.8. The molecule has 1 fully saturated rings. The molecule has 0 radical (unpaired) electrons. The van der Waals surface area contributed by atoms with Crippen LogP contribution in [0.2, 0.25) is 5.02 Å². The summed E-state index contributed by atoms with van der Waals surface area (Å²) in [6.07, 6.45) is 5.19. The number of ether oxygens (including phenoxy) is 1. The van der Waals surface area contributed by atoms with Crippen LogP contribution in [-0.4, -0.2) is 50.9 Å². The fourth-order valence-electron chi connectivity index (χ4n) is 6.28. The number of anilines is 1. The van der Waals surface area contributed by atoms with Gasteiger partial charge in [-0.3, -0.25) is 13.9 Å². The number of carbonyl (C=O) groups excluding carboxylic acids is 2. The molecule has 49 heavy (non-hydrogen) atoms. The molecular weight excluding hydrogens is 658 g/mol. The Morgan fingerprint density at radius 3 is 2.20 bits per heavy atom. The number of aryl methyl sites for hydroxylation is 2. The summed E-state index contributed by atoms with van der Waals surface area (Å²) in [6.45, 7) is 3.19. The van der Waals surface area contributed by atoms with Crippen molar-refractivity contribution in [3.8, 4) is 5.75 Å². The molecule has 0 unspecified atom stereocenters. The van der Waals surface area contributed by atoms with Gasteiger partial charge in [-0.2, -0.15) is 0 Å². The highest BCUT2D eigenvalue weighted by Gasteiger charge is 2.36. The molecule has 5 rings (SSSR count). The van der Waals surface area contributed by atoms with E-state index in [4.69, 9.17) is 16.3 Å². The number of nitrogens with zero attached hydrogens (tertiary/aromatic N) is 2. The lowest BCUT2D eigenvalue weighted by molar-refractivity contribution is -0.140. The number of halogens is 1. The summed E-state index contributed by atoms with van der Waals surface area (Å²) in [7, 11) is -2.81. The van der Waals surface area contributed by atoms with E-state index < -0.39 is 28.5 Å². The van der Waals surface area contributed by atoms with Crippen molar-refractivity contribution in [3.05, 3.63) is 124 Å². The van der Waals surface area contributed by atoms with Crippen molar-refractivity contribution in [2.75, 3.05) is 18.0 Å². The summed E-state index contributed by atoms with van der Waals surface area (Å²) in [6, 6.07) is 27.5. The van der Waals surface area contributed by atoms with Gasteiger partial charge in [0.15, 0.2) is 0 Å². The zero-order chi connectivity index (χ0) is 35.0. The molecule has 0 spiro atoms. The normalized spacial score (nSPS) is 14.1. The largest absolute Gasteiger partial charge is 0.495 e. The lowest BCUT2D eigenvalue weighted by Crippen LogP contribution is -2.55. The molecule has 2 amide bonds. The van der Waals surface area contributed by atoms with Gasteiger partial charge in [-0.15, -0.1) is 0 Å². The predicted octanol–water partition coefficient (Wildman–Crippen LogP) is 7.25. The maximum Gasteiger partial charge on any atom is 0.264 e. The first kappa shape index (κ1) is 36.0. The van der Waals surface area contributed by atoms with Crippen molar-refractivity contribution >= 4 is 39.1 Å². The molecule has 1 aliphatic rings. The van der Waals surface area contributed by atoms with E-state index in [-0.39, 0.29) is 35.5 Å². The third-order valence-electron chi connectivity index (χ3n) is 8.96. The van der Waals surface area contributed by atoms with E-state index in [9.17, 15) is 18.0 Å². The van der Waals surface area contributed by atoms with Crippen LogP contribution < -0.4 is 14.4 Å². The van der Waals surface area contributed by atoms with E-state index in [1.54, 1.807) is 42.5 Å². The van der Waals surface area contributed by atoms with Crippen LogP contribution in [0.25, 0.3) is 0 Å². The molecule has 1 aliphatic carbocycles. The van der Waals surface area contributed by atoms with Crippen molar-refractivity contribution in [2.45, 2.75) is 75.9 Å². The van der Waals surface area contributed by atoms with Crippen molar-refractivity contribution in [1.29, 1.82) is 0 Å². The van der Waals surface area contributed by atoms with Crippen LogP contribution in [-0.2, 0) is 32.6 Å². The summed E-state index contributed by atoms with van der Waals surface area (Å²) in [5.41, 5.74) is 3.50. The number of amides is 2. The standard InChI is InChI=1S/C39H44ClN3O5S/c1-28-17-20-34(21-18-28)49(46,47)43(35-23-29(2)19-22-37(35)48-3)27-38(44)42(26-31-13-10-14-32(40)24-31)36(25-30-11-6-4-7-12-30)39(45)41-33-15-8-5-9-16-33/h4,6-7,10-14,17-24,33,36H,5,8-9,15-16,25-27H2,1-3H3,(H,41,45)/t36-/m0/s1. The second-order valence-corrected chi connectivity index (χ2v) is 15.0. The molecule has 258 valence electrons. The average molecular weight is 702 g/mol. The molecular formula is C39H44ClN3O5S. The third kappa shape index (κ3) is 9.22. The summed E-state index contributed by atoms with van der Waals surface area (Å²) >= 11 is 6.38. The predicted molar refractivity (Wildman–Crippen MR) is 194 cm³/mol. The van der Waals surface area contributed by atoms with Gasteiger partial charge in [-0.1, -0.05) is 97.1 Å². The molecule has 0 aliphatic heterocycles. The number of nitrogens with one attached hydrogen (secondary N) is 1. The van der Waals surface area contributed by atoms with Crippen molar-refractivity contribution in [2.24, 2.45) is 0 Å². The molecule has 0 aromatic heterocycles. The zero-order valence-electron chi connectivity index (χ0n) is 28.3. The van der Waals surface area contributed by atoms with Gasteiger partial charge < -0.3 is 15.0 Å². The Morgan fingerprint density at radius 2 is 1.53 bits per heavy atom. The smallest absolute Gasteiger partial charge is 0.264 e. The first-order valence-corrected chi connectivity index (χ1v) is 18.5. The number of carbonyl (C=O) groups is 2. The lowest BCUT2D eigenvalue weighted by Gasteiger charge is -2.35. The number of benzene rings is 4. The Kier molecular flexibility index (Phi) is 12.0. The van der Waals surface area contributed by atoms with Crippen LogP contribution in [0.5, 0.6) is 5.75 Å². The highest BCUT2D eigenvalue weighted by molar-refractivity contribution is 7.92. The minimum atomic E-state index is -4.27.